The molecule has 12 rings (SSSR count). The van der Waals surface area contributed by atoms with Crippen molar-refractivity contribution in [1.82, 2.24) is 24.1 Å². The van der Waals surface area contributed by atoms with E-state index in [1.54, 1.807) is 0 Å². The molecule has 63 heavy (non-hydrogen) atoms. The Balaban J connectivity index is 1.23. The number of para-hydroxylation sites is 2. The second kappa shape index (κ2) is 14.0. The van der Waals surface area contributed by atoms with Crippen molar-refractivity contribution in [2.75, 3.05) is 0 Å². The molecule has 0 atom stereocenters. The molecule has 8 aromatic carbocycles. The molecule has 0 saturated carbocycles. The molecule has 12 heteroatoms. The van der Waals surface area contributed by atoms with E-state index >= 15 is 0 Å². The van der Waals surface area contributed by atoms with Crippen molar-refractivity contribution in [3.05, 3.63) is 152 Å². The van der Waals surface area contributed by atoms with Crippen LogP contribution in [0.3, 0.4) is 0 Å². The van der Waals surface area contributed by atoms with Gasteiger partial charge >= 0.3 is 0 Å². The lowest BCUT2D eigenvalue weighted by Crippen LogP contribution is -2.27. The van der Waals surface area contributed by atoms with E-state index in [9.17, 15) is 0 Å². The largest absolute Gasteiger partial charge is 0.455 e. The zero-order chi connectivity index (χ0) is 42.7. The molecule has 6 nitrogen and oxygen atoms in total. The number of hydrogen-bond donors (Lipinski definition) is 0. The summed E-state index contributed by atoms with van der Waals surface area (Å²) in [5.74, 6) is 1.78. The van der Waals surface area contributed by atoms with E-state index in [0.717, 1.165) is 50.0 Å². The minimum Gasteiger partial charge on any atom is -0.455 e. The fourth-order valence-corrected chi connectivity index (χ4v) is 10.4. The third kappa shape index (κ3) is 5.57. The zero-order valence-corrected chi connectivity index (χ0v) is 36.1. The molecule has 4 heterocycles. The SMILES string of the molecule is Bc1cc(B)c2c(c1)c1c(B)c(B)c3c4cc(B)cc(B)c4n(-c4cccc5oc6c(-c7nc(-c8ccccc8)nc(-c8ccccc8)n7)cccc6c45)c3c1n2-c1ccccc1. The Morgan fingerprint density at radius 3 is 1.51 bits per heavy atom. The van der Waals surface area contributed by atoms with Crippen molar-refractivity contribution >= 4 is 145 Å². The van der Waals surface area contributed by atoms with E-state index in [1.807, 2.05) is 60.7 Å². The Bertz CT molecular complexity index is 3810. The Hall–Kier alpha value is -7.44. The van der Waals surface area contributed by atoms with E-state index in [4.69, 9.17) is 19.4 Å². The van der Waals surface area contributed by atoms with E-state index in [0.29, 0.717) is 17.5 Å². The number of nitrogens with zero attached hydrogens (tertiary/aromatic N) is 5. The maximum Gasteiger partial charge on any atom is 0.167 e. The van der Waals surface area contributed by atoms with Crippen LogP contribution in [0.15, 0.2) is 156 Å². The Morgan fingerprint density at radius 2 is 0.921 bits per heavy atom. The summed E-state index contributed by atoms with van der Waals surface area (Å²) in [4.78, 5) is 15.2. The molecule has 0 saturated heterocycles. The summed E-state index contributed by atoms with van der Waals surface area (Å²) in [6.07, 6.45) is 0. The second-order valence-corrected chi connectivity index (χ2v) is 17.1. The van der Waals surface area contributed by atoms with Crippen molar-refractivity contribution < 1.29 is 4.42 Å². The summed E-state index contributed by atoms with van der Waals surface area (Å²) < 4.78 is 12.1. The van der Waals surface area contributed by atoms with Gasteiger partial charge in [-0.1, -0.05) is 154 Å². The summed E-state index contributed by atoms with van der Waals surface area (Å²) in [5, 5.41) is 7.12. The smallest absolute Gasteiger partial charge is 0.167 e. The quantitative estimate of drug-likeness (QED) is 0.252. The molecule has 0 aliphatic rings. The lowest BCUT2D eigenvalue weighted by molar-refractivity contribution is 0.669. The van der Waals surface area contributed by atoms with Crippen LogP contribution in [0.4, 0.5) is 0 Å². The standard InChI is InChI=1S/C51H37B6N5O/c52-28-22-33-40-42(56)43(57)41-34-23-29(53)25-36(55)45(34)62(47(41)46(40)61(44(33)35(54)24-28)30-16-8-3-9-17-30)37-20-11-21-38-39(37)31-18-10-19-32(48(31)63-38)51-59-49(26-12-4-1-5-13-26)58-50(60-51)27-14-6-2-7-15-27/h1-25H,52-57H2. The molecule has 0 amide bonds. The molecule has 4 aromatic heterocycles. The number of aromatic nitrogens is 5. The van der Waals surface area contributed by atoms with Crippen molar-refractivity contribution in [2.45, 2.75) is 0 Å². The van der Waals surface area contributed by atoms with Gasteiger partial charge in [-0.05, 0) is 30.3 Å². The highest BCUT2D eigenvalue weighted by Gasteiger charge is 2.28. The van der Waals surface area contributed by atoms with E-state index in [1.165, 1.54) is 76.4 Å². The predicted molar refractivity (Wildman–Crippen MR) is 281 cm³/mol. The summed E-state index contributed by atoms with van der Waals surface area (Å²) in [6, 6.07) is 53.3. The first kappa shape index (κ1) is 37.3. The van der Waals surface area contributed by atoms with Crippen LogP contribution in [0.25, 0.3) is 111 Å². The molecule has 290 valence electrons. The van der Waals surface area contributed by atoms with Gasteiger partial charge in [0, 0.05) is 54.8 Å². The van der Waals surface area contributed by atoms with Gasteiger partial charge in [-0.25, -0.2) is 15.0 Å². The van der Waals surface area contributed by atoms with Crippen molar-refractivity contribution in [3.63, 3.8) is 0 Å². The molecule has 0 radical (unpaired) electrons. The Labute approximate surface area is 369 Å². The van der Waals surface area contributed by atoms with Crippen LogP contribution < -0.4 is 32.8 Å². The first-order valence-corrected chi connectivity index (χ1v) is 21.6. The van der Waals surface area contributed by atoms with Crippen LogP contribution in [0.1, 0.15) is 0 Å². The summed E-state index contributed by atoms with van der Waals surface area (Å²) in [5.41, 5.74) is 18.8. The third-order valence-electron chi connectivity index (χ3n) is 13.0. The van der Waals surface area contributed by atoms with Crippen LogP contribution in [-0.4, -0.2) is 71.2 Å². The van der Waals surface area contributed by atoms with Crippen LogP contribution >= 0.6 is 0 Å². The van der Waals surface area contributed by atoms with Gasteiger partial charge in [-0.2, -0.15) is 0 Å². The Kier molecular flexibility index (Phi) is 8.32. The van der Waals surface area contributed by atoms with Gasteiger partial charge in [0.25, 0.3) is 0 Å². The number of hydrogen-bond acceptors (Lipinski definition) is 4. The van der Waals surface area contributed by atoms with Gasteiger partial charge in [-0.3, -0.25) is 0 Å². The maximum absolute atomic E-state index is 7.02. The topological polar surface area (TPSA) is 61.7 Å². The van der Waals surface area contributed by atoms with Crippen molar-refractivity contribution in [3.8, 4) is 45.5 Å². The van der Waals surface area contributed by atoms with Gasteiger partial charge in [0.05, 0.1) is 27.7 Å². The molecule has 12 aromatic rings. The van der Waals surface area contributed by atoms with Crippen molar-refractivity contribution in [1.29, 1.82) is 0 Å². The normalized spacial score (nSPS) is 11.9. The van der Waals surface area contributed by atoms with Gasteiger partial charge < -0.3 is 13.6 Å². The first-order valence-electron chi connectivity index (χ1n) is 21.6. The average Bonchev–Trinajstić information content (AvgIpc) is 3.97. The van der Waals surface area contributed by atoms with Gasteiger partial charge in [0.15, 0.2) is 17.5 Å². The van der Waals surface area contributed by atoms with E-state index < -0.39 is 0 Å². The minimum atomic E-state index is 0.558. The fourth-order valence-electron chi connectivity index (χ4n) is 10.4. The number of benzene rings is 8. The third-order valence-corrected chi connectivity index (χ3v) is 13.0. The summed E-state index contributed by atoms with van der Waals surface area (Å²) in [7, 11) is 13.6. The maximum atomic E-state index is 7.02. The van der Waals surface area contributed by atoms with Gasteiger partial charge in [0.1, 0.15) is 58.2 Å². The zero-order valence-electron chi connectivity index (χ0n) is 36.1. The highest BCUT2D eigenvalue weighted by molar-refractivity contribution is 6.61. The highest BCUT2D eigenvalue weighted by Crippen LogP contribution is 2.43. The number of rotatable bonds is 5. The monoisotopic (exact) mass is 801 g/mol. The molecule has 0 fully saturated rings. The lowest BCUT2D eigenvalue weighted by atomic mass is 9.74. The minimum absolute atomic E-state index is 0.558. The Morgan fingerprint density at radius 1 is 0.413 bits per heavy atom. The fraction of sp³-hybridized carbons (Fsp3) is 0. The van der Waals surface area contributed by atoms with Crippen LogP contribution in [0, 0.1) is 0 Å². The average molecular weight is 801 g/mol. The predicted octanol–water partition coefficient (Wildman–Crippen LogP) is 2.52. The lowest BCUT2D eigenvalue weighted by Gasteiger charge is -2.16. The first-order chi connectivity index (χ1) is 30.7. The molecule has 0 unspecified atom stereocenters. The van der Waals surface area contributed by atoms with Gasteiger partial charge in [0.2, 0.25) is 0 Å². The molecule has 0 aliphatic heterocycles. The number of fused-ring (bicyclic) bond motifs is 10. The molecule has 0 N–H and O–H groups in total. The number of furan rings is 1. The molecule has 0 aliphatic carbocycles. The highest BCUT2D eigenvalue weighted by atomic mass is 16.3. The van der Waals surface area contributed by atoms with Gasteiger partial charge in [-0.15, -0.1) is 0 Å². The van der Waals surface area contributed by atoms with E-state index in [-0.39, 0.29) is 0 Å². The second-order valence-electron chi connectivity index (χ2n) is 17.1. The van der Waals surface area contributed by atoms with Crippen molar-refractivity contribution in [2.24, 2.45) is 0 Å². The molecule has 0 spiro atoms. The molecular formula is C51H37B6N5O. The van der Waals surface area contributed by atoms with Crippen LogP contribution in [0.2, 0.25) is 0 Å². The summed E-state index contributed by atoms with van der Waals surface area (Å²) >= 11 is 0. The van der Waals surface area contributed by atoms with Crippen LogP contribution in [0.5, 0.6) is 0 Å². The molecular weight excluding hydrogens is 763 g/mol. The van der Waals surface area contributed by atoms with E-state index in [2.05, 4.69) is 147 Å². The van der Waals surface area contributed by atoms with Crippen LogP contribution in [-0.2, 0) is 0 Å². The summed E-state index contributed by atoms with van der Waals surface area (Å²) in [6.45, 7) is 0. The molecule has 0 bridgehead atoms.